The summed E-state index contributed by atoms with van der Waals surface area (Å²) in [5, 5.41) is 0.557. The lowest BCUT2D eigenvalue weighted by Crippen LogP contribution is -2.00. The average Bonchev–Trinajstić information content (AvgIpc) is 3.00. The van der Waals surface area contributed by atoms with Gasteiger partial charge in [-0.25, -0.2) is 9.97 Å². The number of halogens is 1. The van der Waals surface area contributed by atoms with Crippen LogP contribution in [0.5, 0.6) is 11.6 Å². The lowest BCUT2D eigenvalue weighted by Gasteiger charge is -2.07. The Morgan fingerprint density at radius 2 is 2.23 bits per heavy atom. The van der Waals surface area contributed by atoms with E-state index < -0.39 is 0 Å². The molecule has 26 heavy (non-hydrogen) atoms. The number of methoxy groups -OCH3 is 1. The second-order valence-electron chi connectivity index (χ2n) is 5.22. The third kappa shape index (κ3) is 3.62. The second kappa shape index (κ2) is 7.88. The van der Waals surface area contributed by atoms with Crippen LogP contribution in [0, 0.1) is 6.92 Å². The van der Waals surface area contributed by atoms with E-state index in [4.69, 9.17) is 25.8 Å². The third-order valence-electron chi connectivity index (χ3n) is 3.60. The summed E-state index contributed by atoms with van der Waals surface area (Å²) >= 11 is 6.19. The van der Waals surface area contributed by atoms with Crippen molar-refractivity contribution in [3.8, 4) is 11.6 Å². The van der Waals surface area contributed by atoms with Crippen molar-refractivity contribution in [1.82, 2.24) is 14.4 Å². The highest BCUT2D eigenvalue weighted by atomic mass is 35.5. The van der Waals surface area contributed by atoms with Gasteiger partial charge in [-0.3, -0.25) is 9.39 Å². The van der Waals surface area contributed by atoms with Crippen molar-refractivity contribution < 1.29 is 14.2 Å². The van der Waals surface area contributed by atoms with Gasteiger partial charge in [0.05, 0.1) is 29.7 Å². The van der Waals surface area contributed by atoms with Crippen LogP contribution in [0.4, 0.5) is 0 Å². The molecule has 0 bridgehead atoms. The first-order chi connectivity index (χ1) is 12.6. The molecule has 0 aliphatic carbocycles. The quantitative estimate of drug-likeness (QED) is 0.273. The summed E-state index contributed by atoms with van der Waals surface area (Å²) in [5.41, 5.74) is 2.69. The van der Waals surface area contributed by atoms with Gasteiger partial charge in [0.25, 0.3) is 0 Å². The average molecular weight is 373 g/mol. The fourth-order valence-electron chi connectivity index (χ4n) is 2.41. The predicted molar refractivity (Wildman–Crippen MR) is 99.8 cm³/mol. The number of ether oxygens (including phenoxy) is 3. The zero-order chi connectivity index (χ0) is 18.5. The molecule has 0 saturated carbocycles. The normalized spacial score (nSPS) is 11.4. The molecular formula is C18H17ClN4O3. The molecule has 0 spiro atoms. The molecule has 0 radical (unpaired) electrons. The first-order valence-corrected chi connectivity index (χ1v) is 8.06. The molecule has 3 aromatic rings. The minimum absolute atomic E-state index is 0.0103. The largest absolute Gasteiger partial charge is 0.481 e. The van der Waals surface area contributed by atoms with E-state index in [1.165, 1.54) is 6.26 Å². The molecule has 8 heteroatoms. The number of imidazole rings is 1. The van der Waals surface area contributed by atoms with Crippen molar-refractivity contribution in [2.75, 3.05) is 13.9 Å². The molecule has 0 aliphatic heterocycles. The Morgan fingerprint density at radius 1 is 1.38 bits per heavy atom. The lowest BCUT2D eigenvalue weighted by molar-refractivity contribution is 0.0802. The minimum Gasteiger partial charge on any atom is -0.481 e. The monoisotopic (exact) mass is 372 g/mol. The third-order valence-corrected chi connectivity index (χ3v) is 3.89. The minimum atomic E-state index is -0.0103. The molecule has 0 unspecified atom stereocenters. The molecular weight excluding hydrogens is 356 g/mol. The Bertz CT molecular complexity index is 951. The van der Waals surface area contributed by atoms with E-state index in [1.54, 1.807) is 31.5 Å². The van der Waals surface area contributed by atoms with Crippen molar-refractivity contribution >= 4 is 29.7 Å². The van der Waals surface area contributed by atoms with E-state index in [0.717, 1.165) is 11.4 Å². The molecule has 0 saturated heterocycles. The van der Waals surface area contributed by atoms with Crippen molar-refractivity contribution in [3.63, 3.8) is 0 Å². The maximum atomic E-state index is 6.19. The number of aryl methyl sites for hydroxylation is 1. The number of rotatable bonds is 7. The molecule has 0 amide bonds. The Balaban J connectivity index is 1.73. The van der Waals surface area contributed by atoms with Gasteiger partial charge >= 0.3 is 0 Å². The fourth-order valence-corrected chi connectivity index (χ4v) is 2.62. The van der Waals surface area contributed by atoms with Crippen LogP contribution in [0.2, 0.25) is 5.02 Å². The van der Waals surface area contributed by atoms with Crippen LogP contribution in [0.3, 0.4) is 0 Å². The smallest absolute Gasteiger partial charge is 0.230 e. The maximum absolute atomic E-state index is 6.19. The van der Waals surface area contributed by atoms with E-state index in [2.05, 4.69) is 21.7 Å². The van der Waals surface area contributed by atoms with E-state index >= 15 is 0 Å². The van der Waals surface area contributed by atoms with Crippen molar-refractivity contribution in [3.05, 3.63) is 59.3 Å². The zero-order valence-corrected chi connectivity index (χ0v) is 15.1. The number of nitrogens with zero attached hydrogens (tertiary/aromatic N) is 4. The van der Waals surface area contributed by atoms with Crippen LogP contribution in [-0.4, -0.2) is 35.0 Å². The summed E-state index contributed by atoms with van der Waals surface area (Å²) in [5.74, 6) is 1.07. The number of aromatic nitrogens is 3. The molecule has 0 fully saturated rings. The first-order valence-electron chi connectivity index (χ1n) is 7.69. The molecule has 7 nitrogen and oxygen atoms in total. The second-order valence-corrected chi connectivity index (χ2v) is 5.63. The number of pyridine rings is 2. The maximum Gasteiger partial charge on any atom is 0.230 e. The Kier molecular flexibility index (Phi) is 5.38. The van der Waals surface area contributed by atoms with Gasteiger partial charge in [-0.2, -0.15) is 0 Å². The van der Waals surface area contributed by atoms with Gasteiger partial charge in [0.2, 0.25) is 12.7 Å². The fraction of sp³-hybridized carbons (Fsp3) is 0.167. The molecule has 0 N–H and O–H groups in total. The van der Waals surface area contributed by atoms with Crippen LogP contribution in [0.15, 0.2) is 47.9 Å². The van der Waals surface area contributed by atoms with Crippen molar-refractivity contribution in [2.45, 2.75) is 6.92 Å². The number of aliphatic imine (C=N–C) groups is 1. The predicted octanol–water partition coefficient (Wildman–Crippen LogP) is 3.75. The molecule has 134 valence electrons. The molecule has 0 aromatic carbocycles. The van der Waals surface area contributed by atoms with Crippen LogP contribution in [0.1, 0.15) is 11.4 Å². The highest BCUT2D eigenvalue weighted by Crippen LogP contribution is 2.25. The van der Waals surface area contributed by atoms with Crippen LogP contribution in [0.25, 0.3) is 11.3 Å². The summed E-state index contributed by atoms with van der Waals surface area (Å²) < 4.78 is 17.8. The highest BCUT2D eigenvalue weighted by molar-refractivity contribution is 6.33. The van der Waals surface area contributed by atoms with E-state index in [0.29, 0.717) is 28.0 Å². The number of hydrogen-bond acceptors (Lipinski definition) is 6. The summed E-state index contributed by atoms with van der Waals surface area (Å²) in [6.45, 7) is 5.47. The number of fused-ring (bicyclic) bond motifs is 1. The first kappa shape index (κ1) is 17.8. The molecule has 3 rings (SSSR count). The highest BCUT2D eigenvalue weighted by Gasteiger charge is 2.14. The summed E-state index contributed by atoms with van der Waals surface area (Å²) in [4.78, 5) is 12.6. The molecule has 3 heterocycles. The van der Waals surface area contributed by atoms with E-state index in [1.807, 2.05) is 23.6 Å². The summed E-state index contributed by atoms with van der Waals surface area (Å²) in [7, 11) is 1.55. The van der Waals surface area contributed by atoms with Gasteiger partial charge in [0.15, 0.2) is 5.65 Å². The van der Waals surface area contributed by atoms with Gasteiger partial charge < -0.3 is 14.2 Å². The summed E-state index contributed by atoms with van der Waals surface area (Å²) in [6.07, 6.45) is 4.88. The Morgan fingerprint density at radius 3 is 2.92 bits per heavy atom. The van der Waals surface area contributed by atoms with Crippen molar-refractivity contribution in [2.24, 2.45) is 4.99 Å². The zero-order valence-electron chi connectivity index (χ0n) is 14.3. The standard InChI is InChI=1S/C18H17ClN4O3/c1-12-17(23-8-4-5-14(19)18(23)22-12)15(20-2)10-25-11-26-13-6-7-16(24-3)21-9-13/h4-10H,2,11H2,1,3H3/b15-10-. The topological polar surface area (TPSA) is 70.2 Å². The van der Waals surface area contributed by atoms with E-state index in [-0.39, 0.29) is 6.79 Å². The molecule has 0 atom stereocenters. The number of hydrogen-bond donors (Lipinski definition) is 0. The van der Waals surface area contributed by atoms with E-state index in [9.17, 15) is 0 Å². The summed E-state index contributed by atoms with van der Waals surface area (Å²) in [6, 6.07) is 7.06. The Labute approximate surface area is 155 Å². The van der Waals surface area contributed by atoms with Crippen LogP contribution in [-0.2, 0) is 4.74 Å². The Hall–Kier alpha value is -3.06. The van der Waals surface area contributed by atoms with Crippen molar-refractivity contribution in [1.29, 1.82) is 0 Å². The van der Waals surface area contributed by atoms with Gasteiger partial charge in [0.1, 0.15) is 17.7 Å². The lowest BCUT2D eigenvalue weighted by atomic mass is 10.3. The molecule has 0 aliphatic rings. The van der Waals surface area contributed by atoms with Gasteiger partial charge in [-0.05, 0) is 31.8 Å². The van der Waals surface area contributed by atoms with Crippen LogP contribution < -0.4 is 9.47 Å². The molecule has 3 aromatic heterocycles. The van der Waals surface area contributed by atoms with Gasteiger partial charge in [0, 0.05) is 12.3 Å². The van der Waals surface area contributed by atoms with Gasteiger partial charge in [-0.1, -0.05) is 11.6 Å². The SMILES string of the molecule is C=N/C(=C\OCOc1ccc(OC)nc1)c1c(C)nc2c(Cl)cccn12. The van der Waals surface area contributed by atoms with Gasteiger partial charge in [-0.15, -0.1) is 0 Å². The van der Waals surface area contributed by atoms with Crippen LogP contribution >= 0.6 is 11.6 Å².